The van der Waals surface area contributed by atoms with Gasteiger partial charge in [0.05, 0.1) is 11.8 Å². The normalized spacial score (nSPS) is 19.5. The van der Waals surface area contributed by atoms with Crippen molar-refractivity contribution >= 4 is 40.1 Å². The number of nitrogens with zero attached hydrogens (tertiary/aromatic N) is 3. The van der Waals surface area contributed by atoms with Crippen molar-refractivity contribution in [2.45, 2.75) is 38.0 Å². The highest BCUT2D eigenvalue weighted by molar-refractivity contribution is 8.15. The molecule has 2 amide bonds. The summed E-state index contributed by atoms with van der Waals surface area (Å²) in [6.45, 7) is 4.03. The van der Waals surface area contributed by atoms with E-state index in [-0.39, 0.29) is 24.3 Å². The lowest BCUT2D eigenvalue weighted by atomic mass is 9.98. The quantitative estimate of drug-likeness (QED) is 0.523. The summed E-state index contributed by atoms with van der Waals surface area (Å²) in [5.41, 5.74) is 6.08. The second-order valence-corrected chi connectivity index (χ2v) is 10.0. The van der Waals surface area contributed by atoms with Crippen LogP contribution in [-0.4, -0.2) is 33.0 Å². The lowest BCUT2D eigenvalue weighted by molar-refractivity contribution is -0.121. The van der Waals surface area contributed by atoms with E-state index in [1.807, 2.05) is 66.5 Å². The maximum Gasteiger partial charge on any atom is 0.262 e. The Morgan fingerprint density at radius 3 is 2.51 bits per heavy atom. The van der Waals surface area contributed by atoms with Crippen LogP contribution in [0, 0.1) is 13.8 Å². The highest BCUT2D eigenvalue weighted by atomic mass is 32.2. The van der Waals surface area contributed by atoms with Gasteiger partial charge < -0.3 is 5.32 Å². The Hall–Kier alpha value is -3.71. The van der Waals surface area contributed by atoms with Gasteiger partial charge in [0.1, 0.15) is 5.25 Å². The van der Waals surface area contributed by atoms with Crippen LogP contribution in [0.15, 0.2) is 89.0 Å². The Morgan fingerprint density at radius 2 is 1.77 bits per heavy atom. The second kappa shape index (κ2) is 9.88. The van der Waals surface area contributed by atoms with Crippen molar-refractivity contribution in [3.63, 3.8) is 0 Å². The van der Waals surface area contributed by atoms with Crippen LogP contribution in [0.5, 0.6) is 0 Å². The van der Waals surface area contributed by atoms with Gasteiger partial charge in [-0.25, -0.2) is 5.01 Å². The van der Waals surface area contributed by atoms with Crippen LogP contribution < -0.4 is 5.32 Å². The molecule has 2 heterocycles. The molecule has 0 saturated heterocycles. The van der Waals surface area contributed by atoms with Crippen molar-refractivity contribution in [2.75, 3.05) is 5.32 Å². The highest BCUT2D eigenvalue weighted by Gasteiger charge is 2.39. The molecule has 6 nitrogen and oxygen atoms in total. The molecule has 0 aliphatic carbocycles. The van der Waals surface area contributed by atoms with Crippen LogP contribution >= 0.6 is 11.8 Å². The molecule has 0 saturated carbocycles. The van der Waals surface area contributed by atoms with Crippen LogP contribution in [0.1, 0.15) is 41.1 Å². The number of nitrogens with one attached hydrogen (secondary N) is 1. The SMILES string of the molecule is Cc1ccc([C@@H]2CC(c3ccccc3)=NN2C2=NC(=O)[C@H](CC(=O)Nc3cccc(C)c3)S2)cc1. The molecule has 7 heteroatoms. The second-order valence-electron chi connectivity index (χ2n) is 8.85. The van der Waals surface area contributed by atoms with Gasteiger partial charge in [0.25, 0.3) is 5.91 Å². The van der Waals surface area contributed by atoms with Crippen LogP contribution in [-0.2, 0) is 9.59 Å². The van der Waals surface area contributed by atoms with E-state index in [9.17, 15) is 9.59 Å². The van der Waals surface area contributed by atoms with E-state index in [0.29, 0.717) is 11.6 Å². The van der Waals surface area contributed by atoms with Crippen LogP contribution in [0.25, 0.3) is 0 Å². The van der Waals surface area contributed by atoms with E-state index >= 15 is 0 Å². The Kier molecular flexibility index (Phi) is 6.51. The summed E-state index contributed by atoms with van der Waals surface area (Å²) >= 11 is 1.32. The number of benzene rings is 3. The highest BCUT2D eigenvalue weighted by Crippen LogP contribution is 2.38. The first-order valence-electron chi connectivity index (χ1n) is 11.6. The fraction of sp³-hybridized carbons (Fsp3) is 0.214. The minimum atomic E-state index is -0.565. The minimum absolute atomic E-state index is 0.0583. The van der Waals surface area contributed by atoms with Gasteiger partial charge in [-0.1, -0.05) is 84.1 Å². The number of aliphatic imine (C=N–C) groups is 1. The molecular weight excluding hydrogens is 456 g/mol. The van der Waals surface area contributed by atoms with Crippen LogP contribution in [0.2, 0.25) is 0 Å². The minimum Gasteiger partial charge on any atom is -0.326 e. The molecule has 0 aromatic heterocycles. The number of carbonyl (C=O) groups is 2. The third-order valence-electron chi connectivity index (χ3n) is 6.08. The predicted octanol–water partition coefficient (Wildman–Crippen LogP) is 5.48. The van der Waals surface area contributed by atoms with E-state index in [4.69, 9.17) is 5.10 Å². The predicted molar refractivity (Wildman–Crippen MR) is 142 cm³/mol. The van der Waals surface area contributed by atoms with Gasteiger partial charge in [0.2, 0.25) is 5.91 Å². The zero-order chi connectivity index (χ0) is 24.4. The number of amidine groups is 1. The smallest absolute Gasteiger partial charge is 0.262 e. The largest absolute Gasteiger partial charge is 0.326 e. The molecule has 2 atom stereocenters. The topological polar surface area (TPSA) is 74.1 Å². The molecule has 2 aliphatic heterocycles. The Morgan fingerprint density at radius 1 is 1.00 bits per heavy atom. The maximum absolute atomic E-state index is 12.8. The average Bonchev–Trinajstić information content (AvgIpc) is 3.44. The van der Waals surface area contributed by atoms with Crippen molar-refractivity contribution in [1.82, 2.24) is 5.01 Å². The number of anilines is 1. The number of hydrogen-bond donors (Lipinski definition) is 1. The third-order valence-corrected chi connectivity index (χ3v) is 7.22. The van der Waals surface area contributed by atoms with E-state index in [2.05, 4.69) is 41.5 Å². The van der Waals surface area contributed by atoms with E-state index < -0.39 is 5.25 Å². The van der Waals surface area contributed by atoms with Gasteiger partial charge in [-0.3, -0.25) is 9.59 Å². The van der Waals surface area contributed by atoms with Gasteiger partial charge in [0.15, 0.2) is 5.17 Å². The first kappa shape index (κ1) is 23.1. The fourth-order valence-corrected chi connectivity index (χ4v) is 5.31. The van der Waals surface area contributed by atoms with Gasteiger partial charge in [-0.2, -0.15) is 10.1 Å². The number of carbonyl (C=O) groups excluding carboxylic acids is 2. The fourth-order valence-electron chi connectivity index (χ4n) is 4.25. The summed E-state index contributed by atoms with van der Waals surface area (Å²) in [5, 5.41) is 9.61. The summed E-state index contributed by atoms with van der Waals surface area (Å²) < 4.78 is 0. The van der Waals surface area contributed by atoms with Crippen LogP contribution in [0.3, 0.4) is 0 Å². The number of amides is 2. The van der Waals surface area contributed by atoms with Crippen molar-refractivity contribution < 1.29 is 9.59 Å². The summed E-state index contributed by atoms with van der Waals surface area (Å²) in [5.74, 6) is -0.502. The molecule has 2 aliphatic rings. The molecule has 35 heavy (non-hydrogen) atoms. The Balaban J connectivity index is 1.34. The Bertz CT molecular complexity index is 1320. The number of thioether (sulfide) groups is 1. The molecule has 0 spiro atoms. The zero-order valence-electron chi connectivity index (χ0n) is 19.6. The maximum atomic E-state index is 12.8. The molecule has 0 fully saturated rings. The molecule has 0 bridgehead atoms. The number of hydrazone groups is 1. The molecule has 1 N–H and O–H groups in total. The number of hydrogen-bond acceptors (Lipinski definition) is 5. The van der Waals surface area contributed by atoms with Crippen molar-refractivity contribution in [2.24, 2.45) is 10.1 Å². The van der Waals surface area contributed by atoms with Crippen molar-refractivity contribution in [3.8, 4) is 0 Å². The molecule has 3 aromatic rings. The van der Waals surface area contributed by atoms with Gasteiger partial charge in [0, 0.05) is 18.5 Å². The third kappa shape index (κ3) is 5.20. The molecule has 176 valence electrons. The van der Waals surface area contributed by atoms with Gasteiger partial charge in [-0.05, 0) is 42.7 Å². The molecule has 5 rings (SSSR count). The first-order valence-corrected chi connectivity index (χ1v) is 12.5. The van der Waals surface area contributed by atoms with Crippen molar-refractivity contribution in [3.05, 3.63) is 101 Å². The number of aryl methyl sites for hydroxylation is 2. The van der Waals surface area contributed by atoms with Crippen molar-refractivity contribution in [1.29, 1.82) is 0 Å². The first-order chi connectivity index (χ1) is 17.0. The summed E-state index contributed by atoms with van der Waals surface area (Å²) in [4.78, 5) is 29.7. The summed E-state index contributed by atoms with van der Waals surface area (Å²) in [7, 11) is 0. The van der Waals surface area contributed by atoms with E-state index in [0.717, 1.165) is 28.1 Å². The zero-order valence-corrected chi connectivity index (χ0v) is 20.5. The van der Waals surface area contributed by atoms with Crippen LogP contribution in [0.4, 0.5) is 5.69 Å². The molecule has 0 unspecified atom stereocenters. The monoisotopic (exact) mass is 482 g/mol. The van der Waals surface area contributed by atoms with E-state index in [1.54, 1.807) is 0 Å². The van der Waals surface area contributed by atoms with Gasteiger partial charge >= 0.3 is 0 Å². The lowest BCUT2D eigenvalue weighted by Crippen LogP contribution is -2.25. The summed E-state index contributed by atoms with van der Waals surface area (Å²) in [6.07, 6.45) is 0.766. The van der Waals surface area contributed by atoms with E-state index in [1.165, 1.54) is 17.3 Å². The molecule has 0 radical (unpaired) electrons. The molecule has 3 aromatic carbocycles. The standard InChI is InChI=1S/C28H26N4O2S/c1-18-11-13-21(14-12-18)24-16-23(20-8-4-3-5-9-20)31-32(24)28-30-27(34)25(35-28)17-26(33)29-22-10-6-7-19(2)15-22/h3-15,24-25H,16-17H2,1-2H3,(H,29,33)/t24-,25-/m0/s1. The summed E-state index contributed by atoms with van der Waals surface area (Å²) in [6, 6.07) is 26.0. The Labute approximate surface area is 209 Å². The van der Waals surface area contributed by atoms with Gasteiger partial charge in [-0.15, -0.1) is 0 Å². The average molecular weight is 483 g/mol. The lowest BCUT2D eigenvalue weighted by Gasteiger charge is -2.23. The number of rotatable bonds is 5. The molecular formula is C28H26N4O2S.